The molecule has 0 fully saturated rings. The molecule has 0 radical (unpaired) electrons. The first-order valence-corrected chi connectivity index (χ1v) is 7.12. The minimum absolute atomic E-state index is 0.0603. The molecule has 0 aliphatic rings. The molecule has 0 aromatic heterocycles. The van der Waals surface area contributed by atoms with Gasteiger partial charge in [0.25, 0.3) is 5.69 Å². The maximum Gasteiger partial charge on any atom is 0.269 e. The standard InChI is InChI=1S/C13H17F2NO2S/c1-13(14,15)9-3-2-4-10-19-12-7-5-11(6-8-12)16(17)18/h5-8H,2-4,9-10H2,1H3. The highest BCUT2D eigenvalue weighted by Gasteiger charge is 2.19. The summed E-state index contributed by atoms with van der Waals surface area (Å²) in [6, 6.07) is 6.37. The molecule has 0 unspecified atom stereocenters. The summed E-state index contributed by atoms with van der Waals surface area (Å²) in [5.41, 5.74) is 0.0783. The Morgan fingerprint density at radius 3 is 2.37 bits per heavy atom. The molecule has 106 valence electrons. The van der Waals surface area contributed by atoms with Crippen molar-refractivity contribution in [2.24, 2.45) is 0 Å². The number of alkyl halides is 2. The van der Waals surface area contributed by atoms with Gasteiger partial charge >= 0.3 is 0 Å². The van der Waals surface area contributed by atoms with Gasteiger partial charge in [0.1, 0.15) is 0 Å². The van der Waals surface area contributed by atoms with Gasteiger partial charge in [-0.3, -0.25) is 10.1 Å². The van der Waals surface area contributed by atoms with Gasteiger partial charge in [-0.2, -0.15) is 0 Å². The molecule has 1 rings (SSSR count). The van der Waals surface area contributed by atoms with E-state index >= 15 is 0 Å². The first-order valence-electron chi connectivity index (χ1n) is 6.13. The number of non-ortho nitro benzene ring substituents is 1. The van der Waals surface area contributed by atoms with Crippen LogP contribution in [0.2, 0.25) is 0 Å². The van der Waals surface area contributed by atoms with Crippen LogP contribution in [0.3, 0.4) is 0 Å². The molecule has 0 aliphatic heterocycles. The number of nitro benzene ring substituents is 1. The fourth-order valence-electron chi connectivity index (χ4n) is 1.57. The second-order valence-corrected chi connectivity index (χ2v) is 5.65. The van der Waals surface area contributed by atoms with Gasteiger partial charge in [-0.05, 0) is 37.7 Å². The molecular formula is C13H17F2NO2S. The number of nitrogens with zero attached hydrogens (tertiary/aromatic N) is 1. The molecule has 0 spiro atoms. The first-order chi connectivity index (χ1) is 8.88. The summed E-state index contributed by atoms with van der Waals surface area (Å²) in [4.78, 5) is 11.0. The molecule has 3 nitrogen and oxygen atoms in total. The van der Waals surface area contributed by atoms with Crippen LogP contribution in [0, 0.1) is 10.1 Å². The highest BCUT2D eigenvalue weighted by Crippen LogP contribution is 2.24. The Bertz CT molecular complexity index is 404. The van der Waals surface area contributed by atoms with Crippen LogP contribution >= 0.6 is 11.8 Å². The van der Waals surface area contributed by atoms with Gasteiger partial charge in [0, 0.05) is 23.4 Å². The molecule has 1 aromatic rings. The zero-order valence-corrected chi connectivity index (χ0v) is 11.6. The normalized spacial score (nSPS) is 11.5. The van der Waals surface area contributed by atoms with Crippen molar-refractivity contribution >= 4 is 17.4 Å². The lowest BCUT2D eigenvalue weighted by molar-refractivity contribution is -0.384. The molecule has 1 aromatic carbocycles. The molecule has 0 N–H and O–H groups in total. The van der Waals surface area contributed by atoms with Gasteiger partial charge in [0.05, 0.1) is 4.92 Å². The van der Waals surface area contributed by atoms with Crippen LogP contribution in [0.1, 0.15) is 32.6 Å². The number of unbranched alkanes of at least 4 members (excludes halogenated alkanes) is 2. The number of rotatable bonds is 8. The van der Waals surface area contributed by atoms with E-state index in [1.54, 1.807) is 23.9 Å². The van der Waals surface area contributed by atoms with Crippen LogP contribution in [0.4, 0.5) is 14.5 Å². The Labute approximate surface area is 115 Å². The van der Waals surface area contributed by atoms with Crippen molar-refractivity contribution in [2.75, 3.05) is 5.75 Å². The minimum atomic E-state index is -2.56. The van der Waals surface area contributed by atoms with E-state index in [1.165, 1.54) is 12.1 Å². The lowest BCUT2D eigenvalue weighted by Gasteiger charge is -2.08. The van der Waals surface area contributed by atoms with Gasteiger partial charge in [0.15, 0.2) is 0 Å². The maximum absolute atomic E-state index is 12.5. The van der Waals surface area contributed by atoms with E-state index in [0.29, 0.717) is 6.42 Å². The maximum atomic E-state index is 12.5. The third-order valence-electron chi connectivity index (χ3n) is 2.58. The summed E-state index contributed by atoms with van der Waals surface area (Å²) in [5.74, 6) is -1.72. The number of hydrogen-bond acceptors (Lipinski definition) is 3. The summed E-state index contributed by atoms with van der Waals surface area (Å²) in [7, 11) is 0. The van der Waals surface area contributed by atoms with E-state index < -0.39 is 10.8 Å². The third kappa shape index (κ3) is 7.10. The molecule has 0 saturated heterocycles. The lowest BCUT2D eigenvalue weighted by Crippen LogP contribution is -2.08. The van der Waals surface area contributed by atoms with Gasteiger partial charge in [-0.25, -0.2) is 8.78 Å². The SMILES string of the molecule is CC(F)(F)CCCCCSc1ccc([N+](=O)[O-])cc1. The zero-order valence-electron chi connectivity index (χ0n) is 10.8. The van der Waals surface area contributed by atoms with Crippen LogP contribution in [-0.2, 0) is 0 Å². The predicted octanol–water partition coefficient (Wildman–Crippen LogP) is 4.90. The summed E-state index contributed by atoms with van der Waals surface area (Å²) in [6.07, 6.45) is 2.13. The summed E-state index contributed by atoms with van der Waals surface area (Å²) in [5, 5.41) is 10.5. The van der Waals surface area contributed by atoms with E-state index in [0.717, 1.165) is 30.4 Å². The van der Waals surface area contributed by atoms with E-state index in [1.807, 2.05) is 0 Å². The average Bonchev–Trinajstić information content (AvgIpc) is 2.33. The van der Waals surface area contributed by atoms with Crippen molar-refractivity contribution in [3.8, 4) is 0 Å². The fraction of sp³-hybridized carbons (Fsp3) is 0.538. The molecule has 6 heteroatoms. The zero-order chi connectivity index (χ0) is 14.3. The quantitative estimate of drug-likeness (QED) is 0.296. The van der Waals surface area contributed by atoms with Crippen LogP contribution in [0.25, 0.3) is 0 Å². The van der Waals surface area contributed by atoms with Crippen LogP contribution in [-0.4, -0.2) is 16.6 Å². The van der Waals surface area contributed by atoms with Gasteiger partial charge in [-0.1, -0.05) is 6.42 Å². The van der Waals surface area contributed by atoms with Gasteiger partial charge in [-0.15, -0.1) is 11.8 Å². The molecule has 0 amide bonds. The van der Waals surface area contributed by atoms with Gasteiger partial charge in [0.2, 0.25) is 5.92 Å². The number of thioether (sulfide) groups is 1. The predicted molar refractivity (Wildman–Crippen MR) is 72.9 cm³/mol. The van der Waals surface area contributed by atoms with Crippen molar-refractivity contribution in [3.05, 3.63) is 34.4 Å². The van der Waals surface area contributed by atoms with E-state index in [-0.39, 0.29) is 12.1 Å². The molecule has 0 bridgehead atoms. The van der Waals surface area contributed by atoms with Crippen LogP contribution < -0.4 is 0 Å². The number of benzene rings is 1. The molecule has 0 heterocycles. The number of hydrogen-bond donors (Lipinski definition) is 0. The summed E-state index contributed by atoms with van der Waals surface area (Å²) >= 11 is 1.59. The van der Waals surface area contributed by atoms with Crippen LogP contribution in [0.15, 0.2) is 29.2 Å². The molecule has 0 atom stereocenters. The Balaban J connectivity index is 2.17. The third-order valence-corrected chi connectivity index (χ3v) is 3.67. The monoisotopic (exact) mass is 289 g/mol. The van der Waals surface area contributed by atoms with Crippen LogP contribution in [0.5, 0.6) is 0 Å². The molecular weight excluding hydrogens is 272 g/mol. The van der Waals surface area contributed by atoms with E-state index in [2.05, 4.69) is 0 Å². The van der Waals surface area contributed by atoms with Gasteiger partial charge < -0.3 is 0 Å². The largest absolute Gasteiger partial charge is 0.269 e. The van der Waals surface area contributed by atoms with Crippen molar-refractivity contribution in [3.63, 3.8) is 0 Å². The minimum Gasteiger partial charge on any atom is -0.258 e. The topological polar surface area (TPSA) is 43.1 Å². The number of halogens is 2. The Hall–Kier alpha value is -1.17. The highest BCUT2D eigenvalue weighted by molar-refractivity contribution is 7.99. The highest BCUT2D eigenvalue weighted by atomic mass is 32.2. The Kier molecular flexibility index (Phi) is 6.21. The number of nitro groups is 1. The summed E-state index contributed by atoms with van der Waals surface area (Å²) < 4.78 is 25.1. The van der Waals surface area contributed by atoms with E-state index in [4.69, 9.17) is 0 Å². The molecule has 0 saturated carbocycles. The van der Waals surface area contributed by atoms with Crippen molar-refractivity contribution in [1.82, 2.24) is 0 Å². The first kappa shape index (κ1) is 15.9. The lowest BCUT2D eigenvalue weighted by atomic mass is 10.1. The molecule has 0 aliphatic carbocycles. The van der Waals surface area contributed by atoms with Crippen molar-refractivity contribution in [2.45, 2.75) is 43.4 Å². The Morgan fingerprint density at radius 1 is 1.21 bits per heavy atom. The van der Waals surface area contributed by atoms with E-state index in [9.17, 15) is 18.9 Å². The molecule has 19 heavy (non-hydrogen) atoms. The average molecular weight is 289 g/mol. The second-order valence-electron chi connectivity index (χ2n) is 4.48. The summed E-state index contributed by atoms with van der Waals surface area (Å²) in [6.45, 7) is 0.943. The second kappa shape index (κ2) is 7.43. The fourth-order valence-corrected chi connectivity index (χ4v) is 2.48. The smallest absolute Gasteiger partial charge is 0.258 e. The van der Waals surface area contributed by atoms with Crippen molar-refractivity contribution < 1.29 is 13.7 Å². The van der Waals surface area contributed by atoms with Crippen molar-refractivity contribution in [1.29, 1.82) is 0 Å². The Morgan fingerprint density at radius 2 is 1.84 bits per heavy atom.